The van der Waals surface area contributed by atoms with Crippen molar-refractivity contribution < 1.29 is 9.53 Å². The second-order valence-corrected chi connectivity index (χ2v) is 9.30. The van der Waals surface area contributed by atoms with Gasteiger partial charge in [0, 0.05) is 11.3 Å². The topological polar surface area (TPSA) is 52.3 Å². The molecular formula is C29H35NO2. The molecule has 0 aliphatic heterocycles. The van der Waals surface area contributed by atoms with Crippen molar-refractivity contribution in [3.63, 3.8) is 0 Å². The Hall–Kier alpha value is -2.81. The van der Waals surface area contributed by atoms with Crippen LogP contribution in [0.4, 0.5) is 4.79 Å². The van der Waals surface area contributed by atoms with E-state index in [4.69, 9.17) is 10.5 Å². The molecular weight excluding hydrogens is 394 g/mol. The lowest BCUT2D eigenvalue weighted by atomic mass is 9.66. The van der Waals surface area contributed by atoms with Gasteiger partial charge in [0.2, 0.25) is 0 Å². The van der Waals surface area contributed by atoms with Crippen molar-refractivity contribution in [3.05, 3.63) is 83.9 Å². The lowest BCUT2D eigenvalue weighted by molar-refractivity contribution is 0.0763. The summed E-state index contributed by atoms with van der Waals surface area (Å²) in [5.41, 5.74) is 11.8. The summed E-state index contributed by atoms with van der Waals surface area (Å²) < 4.78 is 5.68. The van der Waals surface area contributed by atoms with Gasteiger partial charge in [0.25, 0.3) is 0 Å². The molecule has 1 amide bonds. The first-order valence-corrected chi connectivity index (χ1v) is 12.1. The molecule has 1 fully saturated rings. The van der Waals surface area contributed by atoms with E-state index in [9.17, 15) is 4.79 Å². The SMILES string of the molecule is C=C(c1ccccc1)[C@@]12CC[C@H](OC(N)=O)C1CC(CCCCCC)=C2c1ccccc1. The van der Waals surface area contributed by atoms with Crippen LogP contribution in [0.5, 0.6) is 0 Å². The van der Waals surface area contributed by atoms with Gasteiger partial charge in [-0.1, -0.05) is 99.0 Å². The molecule has 32 heavy (non-hydrogen) atoms. The molecule has 1 saturated carbocycles. The number of amides is 1. The predicted molar refractivity (Wildman–Crippen MR) is 132 cm³/mol. The summed E-state index contributed by atoms with van der Waals surface area (Å²) in [5, 5.41) is 0. The van der Waals surface area contributed by atoms with Crippen LogP contribution in [0, 0.1) is 11.3 Å². The average molecular weight is 430 g/mol. The first-order valence-electron chi connectivity index (χ1n) is 12.1. The van der Waals surface area contributed by atoms with Crippen LogP contribution < -0.4 is 5.73 Å². The fourth-order valence-electron chi connectivity index (χ4n) is 6.14. The number of unbranched alkanes of at least 4 members (excludes halogenated alkanes) is 3. The number of benzene rings is 2. The van der Waals surface area contributed by atoms with E-state index in [0.717, 1.165) is 36.8 Å². The highest BCUT2D eigenvalue weighted by atomic mass is 16.6. The Morgan fingerprint density at radius 3 is 2.41 bits per heavy atom. The lowest BCUT2D eigenvalue weighted by Gasteiger charge is -2.37. The number of ether oxygens (including phenoxy) is 1. The summed E-state index contributed by atoms with van der Waals surface area (Å²) in [4.78, 5) is 11.7. The number of fused-ring (bicyclic) bond motifs is 1. The van der Waals surface area contributed by atoms with Gasteiger partial charge in [0.05, 0.1) is 0 Å². The number of hydrogen-bond donors (Lipinski definition) is 1. The molecule has 3 heteroatoms. The van der Waals surface area contributed by atoms with Crippen molar-refractivity contribution in [2.45, 2.75) is 64.4 Å². The number of carbonyl (C=O) groups excluding carboxylic acids is 1. The van der Waals surface area contributed by atoms with Crippen LogP contribution in [0.25, 0.3) is 11.1 Å². The first-order chi connectivity index (χ1) is 15.6. The van der Waals surface area contributed by atoms with Crippen molar-refractivity contribution in [1.29, 1.82) is 0 Å². The number of rotatable bonds is 9. The Bertz CT molecular complexity index is 979. The fourth-order valence-corrected chi connectivity index (χ4v) is 6.14. The Morgan fingerprint density at radius 2 is 1.75 bits per heavy atom. The number of primary amides is 1. The minimum Gasteiger partial charge on any atom is -0.446 e. The van der Waals surface area contributed by atoms with Gasteiger partial charge >= 0.3 is 6.09 Å². The van der Waals surface area contributed by atoms with Crippen LogP contribution in [-0.2, 0) is 4.74 Å². The van der Waals surface area contributed by atoms with E-state index in [0.29, 0.717) is 0 Å². The van der Waals surface area contributed by atoms with Crippen molar-refractivity contribution >= 4 is 17.2 Å². The molecule has 2 aromatic carbocycles. The molecule has 2 aliphatic rings. The number of carbonyl (C=O) groups is 1. The van der Waals surface area contributed by atoms with Gasteiger partial charge in [-0.15, -0.1) is 0 Å². The van der Waals surface area contributed by atoms with Gasteiger partial charge in [-0.25, -0.2) is 4.79 Å². The van der Waals surface area contributed by atoms with Gasteiger partial charge in [-0.05, 0) is 54.4 Å². The minimum absolute atomic E-state index is 0.167. The molecule has 4 rings (SSSR count). The molecule has 0 aromatic heterocycles. The largest absolute Gasteiger partial charge is 0.446 e. The molecule has 3 nitrogen and oxygen atoms in total. The number of allylic oxidation sites excluding steroid dienone is 3. The molecule has 0 radical (unpaired) electrons. The lowest BCUT2D eigenvalue weighted by Crippen LogP contribution is -2.32. The third kappa shape index (κ3) is 4.13. The summed E-state index contributed by atoms with van der Waals surface area (Å²) in [5.74, 6) is 0.180. The van der Waals surface area contributed by atoms with Crippen LogP contribution in [-0.4, -0.2) is 12.2 Å². The summed E-state index contributed by atoms with van der Waals surface area (Å²) in [6, 6.07) is 21.3. The monoisotopic (exact) mass is 429 g/mol. The number of hydrogen-bond acceptors (Lipinski definition) is 2. The van der Waals surface area contributed by atoms with Gasteiger partial charge in [-0.2, -0.15) is 0 Å². The second-order valence-electron chi connectivity index (χ2n) is 9.30. The maximum absolute atomic E-state index is 11.7. The summed E-state index contributed by atoms with van der Waals surface area (Å²) in [6.07, 6.45) is 7.89. The molecule has 0 spiro atoms. The van der Waals surface area contributed by atoms with Crippen molar-refractivity contribution in [3.8, 4) is 0 Å². The highest BCUT2D eigenvalue weighted by Crippen LogP contribution is 2.66. The fraction of sp³-hybridized carbons (Fsp3) is 0.414. The molecule has 168 valence electrons. The summed E-state index contributed by atoms with van der Waals surface area (Å²) in [6.45, 7) is 6.92. The van der Waals surface area contributed by atoms with Crippen LogP contribution in [0.3, 0.4) is 0 Å². The molecule has 0 heterocycles. The van der Waals surface area contributed by atoms with Crippen LogP contribution >= 0.6 is 0 Å². The van der Waals surface area contributed by atoms with Gasteiger partial charge < -0.3 is 10.5 Å². The highest BCUT2D eigenvalue weighted by Gasteiger charge is 2.58. The standard InChI is InChI=1S/C29H35NO2/c1-3-4-5-8-17-24-20-25-26(32-28(30)31)18-19-29(25,21(2)22-13-9-6-10-14-22)27(24)23-15-11-7-12-16-23/h6-7,9-16,25-26H,2-5,8,17-20H2,1H3,(H2,30,31)/t25?,26-,29-/m0/s1. The first kappa shape index (κ1) is 22.4. The maximum atomic E-state index is 11.7. The zero-order valence-electron chi connectivity index (χ0n) is 19.2. The second kappa shape index (κ2) is 9.77. The molecule has 0 saturated heterocycles. The van der Waals surface area contributed by atoms with E-state index in [-0.39, 0.29) is 17.4 Å². The van der Waals surface area contributed by atoms with Gasteiger partial charge in [0.1, 0.15) is 6.10 Å². The van der Waals surface area contributed by atoms with Gasteiger partial charge in [0.15, 0.2) is 0 Å². The van der Waals surface area contributed by atoms with E-state index in [1.54, 1.807) is 0 Å². The maximum Gasteiger partial charge on any atom is 0.404 e. The Kier molecular flexibility index (Phi) is 6.83. The molecule has 2 N–H and O–H groups in total. The van der Waals surface area contributed by atoms with E-state index >= 15 is 0 Å². The smallest absolute Gasteiger partial charge is 0.404 e. The Morgan fingerprint density at radius 1 is 1.06 bits per heavy atom. The third-order valence-electron chi connectivity index (χ3n) is 7.49. The minimum atomic E-state index is -0.672. The molecule has 2 aliphatic carbocycles. The Balaban J connectivity index is 1.81. The highest BCUT2D eigenvalue weighted by molar-refractivity contribution is 5.90. The normalized spacial score (nSPS) is 24.4. The molecule has 1 unspecified atom stereocenters. The summed E-state index contributed by atoms with van der Waals surface area (Å²) >= 11 is 0. The van der Waals surface area contributed by atoms with E-state index < -0.39 is 6.09 Å². The van der Waals surface area contributed by atoms with Crippen molar-refractivity contribution in [1.82, 2.24) is 0 Å². The van der Waals surface area contributed by atoms with Crippen LogP contribution in [0.1, 0.15) is 69.4 Å². The van der Waals surface area contributed by atoms with Crippen molar-refractivity contribution in [2.24, 2.45) is 17.1 Å². The molecule has 2 aromatic rings. The predicted octanol–water partition coefficient (Wildman–Crippen LogP) is 7.39. The quantitative estimate of drug-likeness (QED) is 0.423. The molecule has 3 atom stereocenters. The Labute approximate surface area is 192 Å². The zero-order chi connectivity index (χ0) is 22.6. The van der Waals surface area contributed by atoms with E-state index in [1.807, 2.05) is 6.07 Å². The van der Waals surface area contributed by atoms with Gasteiger partial charge in [-0.3, -0.25) is 0 Å². The number of nitrogens with two attached hydrogens (primary N) is 1. The summed E-state index contributed by atoms with van der Waals surface area (Å²) in [7, 11) is 0. The van der Waals surface area contributed by atoms with Crippen molar-refractivity contribution in [2.75, 3.05) is 0 Å². The zero-order valence-corrected chi connectivity index (χ0v) is 19.2. The average Bonchev–Trinajstić information content (AvgIpc) is 3.32. The van der Waals surface area contributed by atoms with E-state index in [2.05, 4.69) is 68.1 Å². The molecule has 0 bridgehead atoms. The van der Waals surface area contributed by atoms with Crippen LogP contribution in [0.15, 0.2) is 72.8 Å². The van der Waals surface area contributed by atoms with E-state index in [1.165, 1.54) is 42.4 Å². The third-order valence-corrected chi connectivity index (χ3v) is 7.49. The van der Waals surface area contributed by atoms with Crippen LogP contribution in [0.2, 0.25) is 0 Å².